The first-order valence-corrected chi connectivity index (χ1v) is 8.27. The first-order valence-electron chi connectivity index (χ1n) is 8.27. The Kier molecular flexibility index (Phi) is 14.2. The van der Waals surface area contributed by atoms with Crippen LogP contribution < -0.4 is 5.32 Å². The van der Waals surface area contributed by atoms with Gasteiger partial charge < -0.3 is 14.8 Å². The van der Waals surface area contributed by atoms with Crippen LogP contribution in [0.15, 0.2) is 0 Å². The van der Waals surface area contributed by atoms with E-state index in [2.05, 4.69) is 12.2 Å². The number of unbranched alkanes of at least 4 members (excludes halogenated alkanes) is 7. The van der Waals surface area contributed by atoms with Gasteiger partial charge in [-0.1, -0.05) is 58.8 Å². The van der Waals surface area contributed by atoms with Crippen LogP contribution in [0.4, 0.5) is 4.79 Å². The summed E-state index contributed by atoms with van der Waals surface area (Å²) in [7, 11) is 0. The molecule has 1 N–H and O–H groups in total. The van der Waals surface area contributed by atoms with Crippen molar-refractivity contribution in [3.63, 3.8) is 0 Å². The number of nitrogens with one attached hydrogen (secondary N) is 1. The Morgan fingerprint density at radius 3 is 2.00 bits per heavy atom. The van der Waals surface area contributed by atoms with Gasteiger partial charge in [-0.3, -0.25) is 4.79 Å². The van der Waals surface area contributed by atoms with Crippen LogP contribution in [-0.2, 0) is 14.3 Å². The van der Waals surface area contributed by atoms with E-state index in [1.807, 2.05) is 6.92 Å². The van der Waals surface area contributed by atoms with Gasteiger partial charge >= 0.3 is 12.1 Å². The number of hydrogen-bond acceptors (Lipinski definition) is 4. The minimum absolute atomic E-state index is 0.124. The summed E-state index contributed by atoms with van der Waals surface area (Å²) in [5.41, 5.74) is 0. The fourth-order valence-corrected chi connectivity index (χ4v) is 1.80. The van der Waals surface area contributed by atoms with E-state index in [0.717, 1.165) is 25.7 Å². The van der Waals surface area contributed by atoms with E-state index in [4.69, 9.17) is 9.47 Å². The molecule has 0 saturated heterocycles. The lowest BCUT2D eigenvalue weighted by Gasteiger charge is -2.07. The average Bonchev–Trinajstić information content (AvgIpc) is 2.48. The standard InChI is InChI=1S/C16H31NO4/c1-3-5-7-8-9-10-11-13-20-15(18)14-17-16(19)21-12-6-4-2/h3-14H2,1-2H3,(H,17,19). The van der Waals surface area contributed by atoms with Crippen LogP contribution in [0.1, 0.15) is 71.6 Å². The van der Waals surface area contributed by atoms with Gasteiger partial charge in [0.1, 0.15) is 6.54 Å². The number of alkyl carbamates (subject to hydrolysis) is 1. The molecule has 1 amide bonds. The van der Waals surface area contributed by atoms with E-state index in [9.17, 15) is 9.59 Å². The van der Waals surface area contributed by atoms with Gasteiger partial charge in [-0.05, 0) is 12.8 Å². The third kappa shape index (κ3) is 15.0. The van der Waals surface area contributed by atoms with Crippen LogP contribution >= 0.6 is 0 Å². The molecule has 21 heavy (non-hydrogen) atoms. The summed E-state index contributed by atoms with van der Waals surface area (Å²) >= 11 is 0. The highest BCUT2D eigenvalue weighted by atomic mass is 16.6. The highest BCUT2D eigenvalue weighted by molar-refractivity contribution is 5.77. The van der Waals surface area contributed by atoms with E-state index in [-0.39, 0.29) is 6.54 Å². The minimum Gasteiger partial charge on any atom is -0.464 e. The Morgan fingerprint density at radius 2 is 1.33 bits per heavy atom. The summed E-state index contributed by atoms with van der Waals surface area (Å²) in [6, 6.07) is 0. The van der Waals surface area contributed by atoms with Crippen LogP contribution in [0.5, 0.6) is 0 Å². The molecule has 124 valence electrons. The zero-order chi connectivity index (χ0) is 15.8. The first kappa shape index (κ1) is 19.7. The first-order chi connectivity index (χ1) is 10.2. The lowest BCUT2D eigenvalue weighted by Crippen LogP contribution is -2.31. The summed E-state index contributed by atoms with van der Waals surface area (Å²) in [6.07, 6.45) is 9.51. The molecular weight excluding hydrogens is 270 g/mol. The molecule has 0 aliphatic rings. The molecule has 0 atom stereocenters. The van der Waals surface area contributed by atoms with E-state index >= 15 is 0 Å². The van der Waals surface area contributed by atoms with Crippen molar-refractivity contribution in [2.75, 3.05) is 19.8 Å². The fourth-order valence-electron chi connectivity index (χ4n) is 1.80. The lowest BCUT2D eigenvalue weighted by atomic mass is 10.1. The van der Waals surface area contributed by atoms with Gasteiger partial charge in [0, 0.05) is 0 Å². The summed E-state index contributed by atoms with van der Waals surface area (Å²) in [5, 5.41) is 2.38. The largest absolute Gasteiger partial charge is 0.464 e. The minimum atomic E-state index is -0.559. The average molecular weight is 301 g/mol. The zero-order valence-corrected chi connectivity index (χ0v) is 13.6. The van der Waals surface area contributed by atoms with Crippen molar-refractivity contribution in [2.45, 2.75) is 71.6 Å². The third-order valence-electron chi connectivity index (χ3n) is 3.12. The topological polar surface area (TPSA) is 64.6 Å². The Bertz CT molecular complexity index is 269. The number of amides is 1. The number of carbonyl (C=O) groups excluding carboxylic acids is 2. The molecule has 0 spiro atoms. The molecule has 0 aromatic heterocycles. The lowest BCUT2D eigenvalue weighted by molar-refractivity contribution is -0.142. The van der Waals surface area contributed by atoms with E-state index in [1.165, 1.54) is 32.1 Å². The van der Waals surface area contributed by atoms with Gasteiger partial charge in [0.25, 0.3) is 0 Å². The van der Waals surface area contributed by atoms with Crippen LogP contribution in [0, 0.1) is 0 Å². The number of hydrogen-bond donors (Lipinski definition) is 1. The third-order valence-corrected chi connectivity index (χ3v) is 3.12. The van der Waals surface area contributed by atoms with Gasteiger partial charge in [-0.15, -0.1) is 0 Å². The number of esters is 1. The van der Waals surface area contributed by atoms with Gasteiger partial charge in [-0.2, -0.15) is 0 Å². The van der Waals surface area contributed by atoms with Crippen LogP contribution in [0.2, 0.25) is 0 Å². The Morgan fingerprint density at radius 1 is 0.762 bits per heavy atom. The van der Waals surface area contributed by atoms with E-state index in [0.29, 0.717) is 13.2 Å². The number of carbonyl (C=O) groups is 2. The molecule has 0 aromatic rings. The second-order valence-corrected chi connectivity index (χ2v) is 5.18. The molecule has 0 fully saturated rings. The van der Waals surface area contributed by atoms with E-state index in [1.54, 1.807) is 0 Å². The van der Waals surface area contributed by atoms with Crippen LogP contribution in [0.25, 0.3) is 0 Å². The smallest absolute Gasteiger partial charge is 0.407 e. The number of rotatable bonds is 13. The fraction of sp³-hybridized carbons (Fsp3) is 0.875. The maximum Gasteiger partial charge on any atom is 0.407 e. The van der Waals surface area contributed by atoms with Crippen LogP contribution in [-0.4, -0.2) is 31.8 Å². The maximum atomic E-state index is 11.4. The summed E-state index contributed by atoms with van der Waals surface area (Å²) < 4.78 is 9.90. The van der Waals surface area contributed by atoms with Gasteiger partial charge in [0.05, 0.1) is 13.2 Å². The SMILES string of the molecule is CCCCCCCCCOC(=O)CNC(=O)OCCCC. The summed E-state index contributed by atoms with van der Waals surface area (Å²) in [6.45, 7) is 4.91. The molecule has 0 saturated carbocycles. The van der Waals surface area contributed by atoms with Crippen molar-refractivity contribution in [3.05, 3.63) is 0 Å². The molecule has 0 aliphatic heterocycles. The summed E-state index contributed by atoms with van der Waals surface area (Å²) in [4.78, 5) is 22.5. The highest BCUT2D eigenvalue weighted by Crippen LogP contribution is 2.06. The van der Waals surface area contributed by atoms with E-state index < -0.39 is 12.1 Å². The summed E-state index contributed by atoms with van der Waals surface area (Å²) in [5.74, 6) is -0.409. The highest BCUT2D eigenvalue weighted by Gasteiger charge is 2.06. The molecule has 0 aromatic carbocycles. The van der Waals surface area contributed by atoms with Crippen molar-refractivity contribution < 1.29 is 19.1 Å². The molecule has 0 radical (unpaired) electrons. The Labute approximate surface area is 128 Å². The van der Waals surface area contributed by atoms with Crippen molar-refractivity contribution in [2.24, 2.45) is 0 Å². The number of ether oxygens (including phenoxy) is 2. The second kappa shape index (κ2) is 15.1. The Hall–Kier alpha value is -1.26. The predicted molar refractivity (Wildman–Crippen MR) is 83.2 cm³/mol. The van der Waals surface area contributed by atoms with Crippen molar-refractivity contribution in [1.82, 2.24) is 5.32 Å². The van der Waals surface area contributed by atoms with Gasteiger partial charge in [0.2, 0.25) is 0 Å². The monoisotopic (exact) mass is 301 g/mol. The molecule has 0 bridgehead atoms. The van der Waals surface area contributed by atoms with Crippen molar-refractivity contribution in [1.29, 1.82) is 0 Å². The maximum absolute atomic E-state index is 11.4. The van der Waals surface area contributed by atoms with Gasteiger partial charge in [0.15, 0.2) is 0 Å². The molecule has 0 rings (SSSR count). The molecule has 0 heterocycles. The molecule has 0 aliphatic carbocycles. The zero-order valence-electron chi connectivity index (χ0n) is 13.6. The molecular formula is C16H31NO4. The van der Waals surface area contributed by atoms with Gasteiger partial charge in [-0.25, -0.2) is 4.79 Å². The molecule has 0 unspecified atom stereocenters. The van der Waals surface area contributed by atoms with Crippen molar-refractivity contribution in [3.8, 4) is 0 Å². The molecule has 5 nitrogen and oxygen atoms in total. The Balaban J connectivity index is 3.32. The molecule has 5 heteroatoms. The quantitative estimate of drug-likeness (QED) is 0.415. The van der Waals surface area contributed by atoms with Crippen molar-refractivity contribution >= 4 is 12.1 Å². The second-order valence-electron chi connectivity index (χ2n) is 5.18. The normalized spacial score (nSPS) is 10.2. The van der Waals surface area contributed by atoms with Crippen LogP contribution in [0.3, 0.4) is 0 Å². The predicted octanol–water partition coefficient (Wildman–Crippen LogP) is 3.81.